The lowest BCUT2D eigenvalue weighted by Gasteiger charge is -2.20. The molecule has 0 aliphatic rings. The van der Waals surface area contributed by atoms with Crippen LogP contribution in [0.5, 0.6) is 0 Å². The van der Waals surface area contributed by atoms with Gasteiger partial charge < -0.3 is 5.73 Å². The summed E-state index contributed by atoms with van der Waals surface area (Å²) in [4.78, 5) is 10.8. The van der Waals surface area contributed by atoms with Gasteiger partial charge in [-0.15, -0.1) is 0 Å². The molecule has 21 heavy (non-hydrogen) atoms. The molecule has 4 nitrogen and oxygen atoms in total. The highest BCUT2D eigenvalue weighted by molar-refractivity contribution is 5.86. The summed E-state index contributed by atoms with van der Waals surface area (Å²) in [5.74, 6) is 1.25. The third kappa shape index (κ3) is 4.59. The summed E-state index contributed by atoms with van der Waals surface area (Å²) in [6.45, 7) is 13.1. The van der Waals surface area contributed by atoms with Crippen molar-refractivity contribution in [1.82, 2.24) is 5.43 Å². The second-order valence-corrected chi connectivity index (χ2v) is 6.31. The fourth-order valence-corrected chi connectivity index (χ4v) is 2.32. The summed E-state index contributed by atoms with van der Waals surface area (Å²) in [6.07, 6.45) is 1.71. The monoisotopic (exact) mass is 289 g/mol. The molecule has 0 aromatic heterocycles. The molecule has 3 N–H and O–H groups in total. The van der Waals surface area contributed by atoms with Gasteiger partial charge in [0.25, 0.3) is 0 Å². The van der Waals surface area contributed by atoms with Crippen molar-refractivity contribution < 1.29 is 4.79 Å². The van der Waals surface area contributed by atoms with Gasteiger partial charge in [-0.2, -0.15) is 5.10 Å². The van der Waals surface area contributed by atoms with Crippen LogP contribution in [-0.4, -0.2) is 12.2 Å². The molecule has 0 aliphatic carbocycles. The number of urea groups is 1. The topological polar surface area (TPSA) is 67.5 Å². The van der Waals surface area contributed by atoms with E-state index in [1.807, 2.05) is 0 Å². The average molecular weight is 289 g/mol. The van der Waals surface area contributed by atoms with Gasteiger partial charge in [-0.1, -0.05) is 53.7 Å². The van der Waals surface area contributed by atoms with Crippen molar-refractivity contribution in [3.05, 3.63) is 34.4 Å². The Labute approximate surface area is 127 Å². The van der Waals surface area contributed by atoms with Crippen LogP contribution in [0, 0.1) is 0 Å². The molecule has 4 heteroatoms. The zero-order valence-electron chi connectivity index (χ0n) is 13.9. The first-order chi connectivity index (χ1) is 9.73. The number of rotatable bonds is 5. The van der Waals surface area contributed by atoms with Crippen LogP contribution in [0.25, 0.3) is 0 Å². The van der Waals surface area contributed by atoms with Gasteiger partial charge in [0, 0.05) is 5.56 Å². The molecule has 116 valence electrons. The molecule has 1 rings (SSSR count). The molecule has 0 aliphatic heterocycles. The summed E-state index contributed by atoms with van der Waals surface area (Å²) in [6, 6.07) is 3.84. The summed E-state index contributed by atoms with van der Waals surface area (Å²) in [5, 5.41) is 3.95. The predicted octanol–water partition coefficient (Wildman–Crippen LogP) is 4.06. The Morgan fingerprint density at radius 3 is 1.86 bits per heavy atom. The number of carbonyl (C=O) groups is 1. The molecule has 0 unspecified atom stereocenters. The lowest BCUT2D eigenvalue weighted by atomic mass is 9.85. The van der Waals surface area contributed by atoms with Crippen molar-refractivity contribution in [3.63, 3.8) is 0 Å². The lowest BCUT2D eigenvalue weighted by Crippen LogP contribution is -2.24. The second kappa shape index (κ2) is 7.25. The summed E-state index contributed by atoms with van der Waals surface area (Å²) < 4.78 is 0. The van der Waals surface area contributed by atoms with E-state index in [0.717, 1.165) is 5.56 Å². The largest absolute Gasteiger partial charge is 0.350 e. The number of hydrogen-bond acceptors (Lipinski definition) is 2. The number of carbonyl (C=O) groups excluding carboxylic acids is 1. The zero-order valence-corrected chi connectivity index (χ0v) is 13.9. The van der Waals surface area contributed by atoms with E-state index in [9.17, 15) is 4.79 Å². The Morgan fingerprint density at radius 2 is 1.52 bits per heavy atom. The van der Waals surface area contributed by atoms with Gasteiger partial charge in [-0.3, -0.25) is 0 Å². The van der Waals surface area contributed by atoms with Crippen molar-refractivity contribution in [1.29, 1.82) is 0 Å². The van der Waals surface area contributed by atoms with Crippen molar-refractivity contribution in [2.45, 2.75) is 59.3 Å². The number of hydrogen-bond donors (Lipinski definition) is 2. The Bertz CT molecular complexity index is 502. The highest BCUT2D eigenvalue weighted by Gasteiger charge is 2.15. The zero-order chi connectivity index (χ0) is 16.2. The normalized spacial score (nSPS) is 11.9. The fraction of sp³-hybridized carbons (Fsp3) is 0.529. The van der Waals surface area contributed by atoms with Gasteiger partial charge in [0.15, 0.2) is 0 Å². The van der Waals surface area contributed by atoms with Crippen LogP contribution in [0.3, 0.4) is 0 Å². The maximum atomic E-state index is 10.8. The molecule has 0 radical (unpaired) electrons. The lowest BCUT2D eigenvalue weighted by molar-refractivity contribution is 0.249. The number of amides is 2. The molecule has 0 heterocycles. The van der Waals surface area contributed by atoms with E-state index in [0.29, 0.717) is 17.8 Å². The van der Waals surface area contributed by atoms with E-state index < -0.39 is 6.03 Å². The molecular weight excluding hydrogens is 262 g/mol. The van der Waals surface area contributed by atoms with E-state index in [-0.39, 0.29) is 0 Å². The predicted molar refractivity (Wildman–Crippen MR) is 89.0 cm³/mol. The Kier molecular flexibility index (Phi) is 5.94. The Balaban J connectivity index is 3.42. The standard InChI is InChI=1S/C17H27N3O/c1-10(2)13-7-14(11(3)4)16(9-19-20-17(18)21)15(8-13)12(5)6/h7-12H,1-6H3,(H3,18,20,21)/b19-9+. The van der Waals surface area contributed by atoms with Gasteiger partial charge in [0.2, 0.25) is 0 Å². The van der Waals surface area contributed by atoms with Crippen LogP contribution < -0.4 is 11.2 Å². The number of benzene rings is 1. The van der Waals surface area contributed by atoms with Gasteiger partial charge in [0.1, 0.15) is 0 Å². The maximum absolute atomic E-state index is 10.8. The fourth-order valence-electron chi connectivity index (χ4n) is 2.32. The summed E-state index contributed by atoms with van der Waals surface area (Å²) in [5.41, 5.74) is 12.2. The molecule has 0 atom stereocenters. The quantitative estimate of drug-likeness (QED) is 0.623. The summed E-state index contributed by atoms with van der Waals surface area (Å²) >= 11 is 0. The van der Waals surface area contributed by atoms with Crippen LogP contribution >= 0.6 is 0 Å². The minimum atomic E-state index is -0.651. The van der Waals surface area contributed by atoms with Crippen molar-refractivity contribution in [3.8, 4) is 0 Å². The number of nitrogens with zero attached hydrogens (tertiary/aromatic N) is 1. The molecule has 0 spiro atoms. The molecule has 1 aromatic rings. The first-order valence-corrected chi connectivity index (χ1v) is 7.50. The minimum absolute atomic E-state index is 0.385. The number of primary amides is 1. The van der Waals surface area contributed by atoms with E-state index in [4.69, 9.17) is 5.73 Å². The van der Waals surface area contributed by atoms with Crippen LogP contribution in [-0.2, 0) is 0 Å². The number of hydrazone groups is 1. The van der Waals surface area contributed by atoms with Crippen molar-refractivity contribution in [2.75, 3.05) is 0 Å². The number of nitrogens with two attached hydrogens (primary N) is 1. The van der Waals surface area contributed by atoms with Crippen LogP contribution in [0.15, 0.2) is 17.2 Å². The highest BCUT2D eigenvalue weighted by atomic mass is 16.2. The first kappa shape index (κ1) is 17.2. The van der Waals surface area contributed by atoms with Crippen LogP contribution in [0.4, 0.5) is 4.79 Å². The van der Waals surface area contributed by atoms with Crippen LogP contribution in [0.1, 0.15) is 81.5 Å². The minimum Gasteiger partial charge on any atom is -0.350 e. The highest BCUT2D eigenvalue weighted by Crippen LogP contribution is 2.31. The smallest absolute Gasteiger partial charge is 0.332 e. The van der Waals surface area contributed by atoms with E-state index in [1.54, 1.807) is 6.21 Å². The Hall–Kier alpha value is -1.84. The second-order valence-electron chi connectivity index (χ2n) is 6.31. The molecule has 1 aromatic carbocycles. The van der Waals surface area contributed by atoms with Crippen LogP contribution in [0.2, 0.25) is 0 Å². The third-order valence-electron chi connectivity index (χ3n) is 3.55. The SMILES string of the molecule is CC(C)c1cc(C(C)C)c(/C=N/NC(N)=O)c(C(C)C)c1. The maximum Gasteiger partial charge on any atom is 0.332 e. The first-order valence-electron chi connectivity index (χ1n) is 7.50. The van der Waals surface area contributed by atoms with Gasteiger partial charge in [0.05, 0.1) is 6.21 Å². The molecule has 0 saturated heterocycles. The van der Waals surface area contributed by atoms with Gasteiger partial charge in [-0.05, 0) is 34.4 Å². The third-order valence-corrected chi connectivity index (χ3v) is 3.55. The van der Waals surface area contributed by atoms with Crippen molar-refractivity contribution >= 4 is 12.2 Å². The average Bonchev–Trinajstić information content (AvgIpc) is 2.37. The summed E-state index contributed by atoms with van der Waals surface area (Å²) in [7, 11) is 0. The molecule has 0 saturated carbocycles. The number of nitrogens with one attached hydrogen (secondary N) is 1. The Morgan fingerprint density at radius 1 is 1.05 bits per heavy atom. The van der Waals surface area contributed by atoms with Gasteiger partial charge in [-0.25, -0.2) is 10.2 Å². The molecule has 0 bridgehead atoms. The van der Waals surface area contributed by atoms with Crippen molar-refractivity contribution in [2.24, 2.45) is 10.8 Å². The van der Waals surface area contributed by atoms with E-state index in [1.165, 1.54) is 16.7 Å². The van der Waals surface area contributed by atoms with E-state index >= 15 is 0 Å². The van der Waals surface area contributed by atoms with E-state index in [2.05, 4.69) is 64.2 Å². The molecular formula is C17H27N3O. The van der Waals surface area contributed by atoms with Gasteiger partial charge >= 0.3 is 6.03 Å². The molecule has 0 fully saturated rings. The molecule has 2 amide bonds.